The van der Waals surface area contributed by atoms with Crippen molar-refractivity contribution in [2.24, 2.45) is 0 Å². The average Bonchev–Trinajstić information content (AvgIpc) is 2.46. The van der Waals surface area contributed by atoms with Gasteiger partial charge in [-0.25, -0.2) is 4.98 Å². The molecule has 7 heteroatoms. The number of rotatable bonds is 3. The van der Waals surface area contributed by atoms with Crippen LogP contribution in [0.3, 0.4) is 0 Å². The van der Waals surface area contributed by atoms with Gasteiger partial charge in [0.2, 0.25) is 0 Å². The molecule has 0 saturated carbocycles. The Balaban J connectivity index is 2.37. The van der Waals surface area contributed by atoms with Gasteiger partial charge in [-0.2, -0.15) is 0 Å². The Morgan fingerprint density at radius 2 is 2.29 bits per heavy atom. The fourth-order valence-electron chi connectivity index (χ4n) is 2.35. The molecule has 0 spiro atoms. The maximum atomic E-state index is 12.6. The molecule has 0 radical (unpaired) electrons. The van der Waals surface area contributed by atoms with E-state index in [0.717, 1.165) is 0 Å². The molecule has 2 rings (SSSR count). The van der Waals surface area contributed by atoms with Gasteiger partial charge in [-0.05, 0) is 6.92 Å². The number of hydrogen-bond acceptors (Lipinski definition) is 5. The molecule has 1 amide bonds. The molecule has 116 valence electrons. The van der Waals surface area contributed by atoms with Gasteiger partial charge in [-0.15, -0.1) is 0 Å². The topological polar surface area (TPSA) is 95.5 Å². The van der Waals surface area contributed by atoms with E-state index in [-0.39, 0.29) is 24.7 Å². The molecule has 21 heavy (non-hydrogen) atoms. The van der Waals surface area contributed by atoms with Crippen LogP contribution < -0.4 is 5.56 Å². The standard InChI is InChI=1S/C14H21N3O4/c1-8(2)12-15-9(3)11(13(19)16-12)14(20)17-4-5-21-7-10(17)6-18/h8,10,18H,4-7H2,1-3H3,(H,15,16,19). The van der Waals surface area contributed by atoms with Crippen LogP contribution in [0.5, 0.6) is 0 Å². The van der Waals surface area contributed by atoms with Crippen LogP contribution in [0.2, 0.25) is 0 Å². The number of aliphatic hydroxyl groups excluding tert-OH is 1. The number of aliphatic hydroxyl groups is 1. The molecular weight excluding hydrogens is 274 g/mol. The second-order valence-corrected chi connectivity index (χ2v) is 5.48. The molecule has 2 N–H and O–H groups in total. The number of aromatic amines is 1. The van der Waals surface area contributed by atoms with Crippen LogP contribution in [0.25, 0.3) is 0 Å². The molecule has 1 fully saturated rings. The number of hydrogen-bond donors (Lipinski definition) is 2. The molecule has 1 atom stereocenters. The number of aromatic nitrogens is 2. The maximum Gasteiger partial charge on any atom is 0.264 e. The second-order valence-electron chi connectivity index (χ2n) is 5.48. The summed E-state index contributed by atoms with van der Waals surface area (Å²) in [5.74, 6) is 0.239. The number of nitrogens with zero attached hydrogens (tertiary/aromatic N) is 2. The molecule has 7 nitrogen and oxygen atoms in total. The largest absolute Gasteiger partial charge is 0.394 e. The van der Waals surface area contributed by atoms with Gasteiger partial charge < -0.3 is 19.7 Å². The molecule has 1 aromatic heterocycles. The lowest BCUT2D eigenvalue weighted by atomic mass is 10.1. The highest BCUT2D eigenvalue weighted by atomic mass is 16.5. The van der Waals surface area contributed by atoms with Gasteiger partial charge in [-0.3, -0.25) is 9.59 Å². The van der Waals surface area contributed by atoms with Crippen LogP contribution >= 0.6 is 0 Å². The number of carbonyl (C=O) groups excluding carboxylic acids is 1. The summed E-state index contributed by atoms with van der Waals surface area (Å²) in [5.41, 5.74) is 0.0229. The van der Waals surface area contributed by atoms with E-state index in [1.165, 1.54) is 4.90 Å². The van der Waals surface area contributed by atoms with Gasteiger partial charge in [0, 0.05) is 12.5 Å². The quantitative estimate of drug-likeness (QED) is 0.820. The average molecular weight is 295 g/mol. The number of H-pyrrole nitrogens is 1. The van der Waals surface area contributed by atoms with E-state index in [2.05, 4.69) is 9.97 Å². The monoisotopic (exact) mass is 295 g/mol. The zero-order valence-corrected chi connectivity index (χ0v) is 12.5. The van der Waals surface area contributed by atoms with Gasteiger partial charge in [0.15, 0.2) is 0 Å². The van der Waals surface area contributed by atoms with Gasteiger partial charge >= 0.3 is 0 Å². The van der Waals surface area contributed by atoms with E-state index in [1.807, 2.05) is 13.8 Å². The Morgan fingerprint density at radius 3 is 2.86 bits per heavy atom. The van der Waals surface area contributed by atoms with Crippen molar-refractivity contribution in [3.05, 3.63) is 27.4 Å². The van der Waals surface area contributed by atoms with Crippen molar-refractivity contribution in [2.75, 3.05) is 26.4 Å². The van der Waals surface area contributed by atoms with E-state index in [4.69, 9.17) is 4.74 Å². The van der Waals surface area contributed by atoms with Gasteiger partial charge in [-0.1, -0.05) is 13.8 Å². The van der Waals surface area contributed by atoms with Crippen molar-refractivity contribution in [3.63, 3.8) is 0 Å². The lowest BCUT2D eigenvalue weighted by Gasteiger charge is -2.34. The molecule has 1 aliphatic rings. The smallest absolute Gasteiger partial charge is 0.264 e. The van der Waals surface area contributed by atoms with Crippen molar-refractivity contribution in [3.8, 4) is 0 Å². The summed E-state index contributed by atoms with van der Waals surface area (Å²) in [6, 6.07) is -0.421. The minimum Gasteiger partial charge on any atom is -0.394 e. The Hall–Kier alpha value is -1.73. The summed E-state index contributed by atoms with van der Waals surface area (Å²) in [7, 11) is 0. The molecule has 1 unspecified atom stereocenters. The molecular formula is C14H21N3O4. The number of aryl methyl sites for hydroxylation is 1. The lowest BCUT2D eigenvalue weighted by molar-refractivity contribution is -0.0185. The normalized spacial score (nSPS) is 19.1. The van der Waals surface area contributed by atoms with Gasteiger partial charge in [0.25, 0.3) is 11.5 Å². The predicted molar refractivity (Wildman–Crippen MR) is 76.4 cm³/mol. The molecule has 0 aromatic carbocycles. The highest BCUT2D eigenvalue weighted by molar-refractivity contribution is 5.95. The van der Waals surface area contributed by atoms with E-state index in [1.54, 1.807) is 6.92 Å². The lowest BCUT2D eigenvalue weighted by Crippen LogP contribution is -2.51. The fourth-order valence-corrected chi connectivity index (χ4v) is 2.35. The van der Waals surface area contributed by atoms with Crippen LogP contribution in [0.15, 0.2) is 4.79 Å². The van der Waals surface area contributed by atoms with E-state index < -0.39 is 17.5 Å². The first-order valence-electron chi connectivity index (χ1n) is 7.06. The minimum absolute atomic E-state index is 0.0414. The SMILES string of the molecule is Cc1nc(C(C)C)[nH]c(=O)c1C(=O)N1CCOCC1CO. The summed E-state index contributed by atoms with van der Waals surface area (Å²) >= 11 is 0. The van der Waals surface area contributed by atoms with Crippen molar-refractivity contribution in [2.45, 2.75) is 32.7 Å². The summed E-state index contributed by atoms with van der Waals surface area (Å²) in [6.45, 7) is 6.33. The Morgan fingerprint density at radius 1 is 1.57 bits per heavy atom. The van der Waals surface area contributed by atoms with Crippen molar-refractivity contribution < 1.29 is 14.6 Å². The minimum atomic E-state index is -0.431. The van der Waals surface area contributed by atoms with Crippen LogP contribution in [0, 0.1) is 6.92 Å². The van der Waals surface area contributed by atoms with E-state index in [0.29, 0.717) is 24.7 Å². The summed E-state index contributed by atoms with van der Waals surface area (Å²) < 4.78 is 5.24. The summed E-state index contributed by atoms with van der Waals surface area (Å²) in [5, 5.41) is 9.34. The molecule has 1 saturated heterocycles. The Kier molecular flexibility index (Phi) is 4.74. The highest BCUT2D eigenvalue weighted by Crippen LogP contribution is 2.14. The summed E-state index contributed by atoms with van der Waals surface area (Å²) in [6.07, 6.45) is 0. The third-order valence-corrected chi connectivity index (χ3v) is 3.58. The zero-order chi connectivity index (χ0) is 15.6. The third kappa shape index (κ3) is 3.14. The van der Waals surface area contributed by atoms with Crippen LogP contribution in [-0.2, 0) is 4.74 Å². The number of ether oxygens (including phenoxy) is 1. The predicted octanol–water partition coefficient (Wildman–Crippen LogP) is 0.0350. The number of amides is 1. The zero-order valence-electron chi connectivity index (χ0n) is 12.5. The number of morpholine rings is 1. The van der Waals surface area contributed by atoms with E-state index in [9.17, 15) is 14.7 Å². The molecule has 2 heterocycles. The Labute approximate surface area is 123 Å². The van der Waals surface area contributed by atoms with Crippen LogP contribution in [0.1, 0.15) is 41.6 Å². The van der Waals surface area contributed by atoms with E-state index >= 15 is 0 Å². The first-order chi connectivity index (χ1) is 9.95. The van der Waals surface area contributed by atoms with Crippen LogP contribution in [-0.4, -0.2) is 58.3 Å². The third-order valence-electron chi connectivity index (χ3n) is 3.58. The van der Waals surface area contributed by atoms with Crippen molar-refractivity contribution in [1.29, 1.82) is 0 Å². The molecule has 1 aliphatic heterocycles. The number of carbonyl (C=O) groups is 1. The van der Waals surface area contributed by atoms with Crippen molar-refractivity contribution >= 4 is 5.91 Å². The maximum absolute atomic E-state index is 12.6. The van der Waals surface area contributed by atoms with Gasteiger partial charge in [0.05, 0.1) is 31.6 Å². The fraction of sp³-hybridized carbons (Fsp3) is 0.643. The molecule has 0 bridgehead atoms. The summed E-state index contributed by atoms with van der Waals surface area (Å²) in [4.78, 5) is 33.2. The van der Waals surface area contributed by atoms with Gasteiger partial charge in [0.1, 0.15) is 11.4 Å². The second kappa shape index (κ2) is 6.36. The molecule has 1 aromatic rings. The first kappa shape index (κ1) is 15.7. The highest BCUT2D eigenvalue weighted by Gasteiger charge is 2.30. The molecule has 0 aliphatic carbocycles. The van der Waals surface area contributed by atoms with Crippen LogP contribution in [0.4, 0.5) is 0 Å². The number of nitrogens with one attached hydrogen (secondary N) is 1. The van der Waals surface area contributed by atoms with Crippen molar-refractivity contribution in [1.82, 2.24) is 14.9 Å². The Bertz CT molecular complexity index is 582. The first-order valence-corrected chi connectivity index (χ1v) is 7.06.